The second kappa shape index (κ2) is 12.0. The number of carboxylic acids is 1. The van der Waals surface area contributed by atoms with Crippen LogP contribution >= 0.6 is 0 Å². The van der Waals surface area contributed by atoms with E-state index in [0.717, 1.165) is 6.20 Å². The molecule has 1 N–H and O–H groups in total. The quantitative estimate of drug-likeness (QED) is 0.269. The highest BCUT2D eigenvalue weighted by molar-refractivity contribution is 5.84. The number of likely N-dealkylation sites (tertiary alicyclic amines) is 1. The molecule has 1 aliphatic rings. The molecule has 3 aromatic rings. The highest BCUT2D eigenvalue weighted by Gasteiger charge is 2.37. The molecule has 39 heavy (non-hydrogen) atoms. The first-order valence-corrected chi connectivity index (χ1v) is 12.4. The molecule has 206 valence electrons. The fourth-order valence-corrected chi connectivity index (χ4v) is 5.11. The van der Waals surface area contributed by atoms with Crippen molar-refractivity contribution in [3.05, 3.63) is 70.9 Å². The number of aliphatic carboxylic acids is 1. The van der Waals surface area contributed by atoms with Gasteiger partial charge in [0.05, 0.1) is 37.4 Å². The largest absolute Gasteiger partial charge is 0.497 e. The number of rotatable bonds is 8. The predicted molar refractivity (Wildman–Crippen MR) is 135 cm³/mol. The van der Waals surface area contributed by atoms with Crippen LogP contribution in [0.2, 0.25) is 0 Å². The number of pyridine rings is 1. The number of alkyl halides is 1. The van der Waals surface area contributed by atoms with E-state index in [-0.39, 0.29) is 31.4 Å². The maximum Gasteiger partial charge on any atom is 0.303 e. The number of ether oxygens (including phenoxy) is 1. The second-order valence-corrected chi connectivity index (χ2v) is 9.80. The maximum atomic E-state index is 15.5. The zero-order valence-electron chi connectivity index (χ0n) is 21.2. The Morgan fingerprint density at radius 2 is 1.82 bits per heavy atom. The van der Waals surface area contributed by atoms with Crippen molar-refractivity contribution in [1.29, 1.82) is 0 Å². The summed E-state index contributed by atoms with van der Waals surface area (Å²) in [7, 11) is 1.45. The van der Waals surface area contributed by atoms with Crippen molar-refractivity contribution < 1.29 is 36.6 Å². The van der Waals surface area contributed by atoms with E-state index in [1.165, 1.54) is 13.2 Å². The normalized spacial score (nSPS) is 15.9. The molecule has 0 amide bonds. The number of hydrogen-bond acceptors (Lipinski definition) is 4. The molecule has 0 radical (unpaired) electrons. The van der Waals surface area contributed by atoms with Gasteiger partial charge in [0, 0.05) is 23.1 Å². The standard InChI is InChI=1S/C29H27F5N2O3/c1-39-19-4-5-26-21(15-19)28(25(34)17-35-26)22(31)6-7-29(16-27(37)38)8-11-36(12-9-29)10-2-3-20-23(32)13-18(30)14-24(20)33/h4-5,13-15,17,22H,6-12,16H2,1H3,(H,37,38)/t22-/m1/s1. The average molecular weight is 547 g/mol. The third kappa shape index (κ3) is 6.66. The number of nitrogens with zero attached hydrogens (tertiary/aromatic N) is 2. The number of hydrogen-bond donors (Lipinski definition) is 1. The number of benzene rings is 2. The van der Waals surface area contributed by atoms with Gasteiger partial charge in [-0.15, -0.1) is 0 Å². The molecule has 1 atom stereocenters. The van der Waals surface area contributed by atoms with E-state index < -0.39 is 46.4 Å². The molecular formula is C29H27F5N2O3. The summed E-state index contributed by atoms with van der Waals surface area (Å²) in [5.41, 5.74) is -0.926. The molecule has 2 heterocycles. The Bertz CT molecular complexity index is 1400. The van der Waals surface area contributed by atoms with Crippen molar-refractivity contribution in [3.8, 4) is 17.6 Å². The van der Waals surface area contributed by atoms with Crippen molar-refractivity contribution in [1.82, 2.24) is 9.88 Å². The summed E-state index contributed by atoms with van der Waals surface area (Å²) < 4.78 is 76.1. The van der Waals surface area contributed by atoms with Crippen molar-refractivity contribution in [3.63, 3.8) is 0 Å². The molecule has 5 nitrogen and oxygen atoms in total. The summed E-state index contributed by atoms with van der Waals surface area (Å²) in [6.07, 6.45) is 0.132. The van der Waals surface area contributed by atoms with Crippen molar-refractivity contribution in [2.24, 2.45) is 5.41 Å². The van der Waals surface area contributed by atoms with E-state index in [1.54, 1.807) is 12.1 Å². The molecule has 1 fully saturated rings. The number of carbonyl (C=O) groups is 1. The molecule has 1 aromatic heterocycles. The highest BCUT2D eigenvalue weighted by Crippen LogP contribution is 2.43. The lowest BCUT2D eigenvalue weighted by atomic mass is 9.71. The number of carboxylic acid groups (broad SMARTS) is 1. The van der Waals surface area contributed by atoms with E-state index in [0.29, 0.717) is 54.7 Å². The number of piperidine rings is 1. The number of methoxy groups -OCH3 is 1. The lowest BCUT2D eigenvalue weighted by Crippen LogP contribution is -2.41. The van der Waals surface area contributed by atoms with Crippen molar-refractivity contribution in [2.75, 3.05) is 26.7 Å². The van der Waals surface area contributed by atoms with Gasteiger partial charge in [0.1, 0.15) is 35.2 Å². The average Bonchev–Trinajstić information content (AvgIpc) is 2.89. The minimum absolute atomic E-state index is 0.0799. The summed E-state index contributed by atoms with van der Waals surface area (Å²) in [5, 5.41) is 9.85. The maximum absolute atomic E-state index is 15.5. The Labute approximate surface area is 222 Å². The summed E-state index contributed by atoms with van der Waals surface area (Å²) in [6, 6.07) is 5.92. The SMILES string of the molecule is COc1ccc2ncc(F)c([C@H](F)CCC3(CC(=O)O)CCN(CC#Cc4c(F)cc(F)cc4F)CC3)c2c1. The molecule has 0 bridgehead atoms. The van der Waals surface area contributed by atoms with E-state index in [2.05, 4.69) is 16.8 Å². The van der Waals surface area contributed by atoms with Gasteiger partial charge in [0.25, 0.3) is 0 Å². The van der Waals surface area contributed by atoms with Crippen LogP contribution in [0.5, 0.6) is 5.75 Å². The van der Waals surface area contributed by atoms with Gasteiger partial charge in [-0.05, 0) is 62.4 Å². The predicted octanol–water partition coefficient (Wildman–Crippen LogP) is 6.20. The molecule has 2 aromatic carbocycles. The zero-order valence-corrected chi connectivity index (χ0v) is 21.2. The van der Waals surface area contributed by atoms with E-state index in [1.807, 2.05) is 4.90 Å². The monoisotopic (exact) mass is 546 g/mol. The molecule has 0 saturated carbocycles. The first kappa shape index (κ1) is 28.3. The van der Waals surface area contributed by atoms with Gasteiger partial charge in [-0.2, -0.15) is 0 Å². The Morgan fingerprint density at radius 1 is 1.13 bits per heavy atom. The Kier molecular flexibility index (Phi) is 8.70. The van der Waals surface area contributed by atoms with Crippen LogP contribution in [0.3, 0.4) is 0 Å². The zero-order chi connectivity index (χ0) is 28.2. The molecule has 4 rings (SSSR count). The van der Waals surface area contributed by atoms with Crippen LogP contribution < -0.4 is 4.74 Å². The van der Waals surface area contributed by atoms with Crippen LogP contribution in [0.25, 0.3) is 10.9 Å². The summed E-state index contributed by atoms with van der Waals surface area (Å²) in [5.74, 6) is 0.522. The number of aromatic nitrogens is 1. The van der Waals surface area contributed by atoms with Gasteiger partial charge in [-0.25, -0.2) is 22.0 Å². The van der Waals surface area contributed by atoms with Crippen LogP contribution in [-0.4, -0.2) is 47.7 Å². The fourth-order valence-electron chi connectivity index (χ4n) is 5.11. The third-order valence-corrected chi connectivity index (χ3v) is 7.28. The Hall–Kier alpha value is -3.71. The smallest absolute Gasteiger partial charge is 0.303 e. The summed E-state index contributed by atoms with van der Waals surface area (Å²) in [4.78, 5) is 17.6. The van der Waals surface area contributed by atoms with Gasteiger partial charge >= 0.3 is 5.97 Å². The molecule has 1 aliphatic heterocycles. The van der Waals surface area contributed by atoms with Gasteiger partial charge in [-0.1, -0.05) is 11.8 Å². The summed E-state index contributed by atoms with van der Waals surface area (Å²) in [6.45, 7) is 1.05. The first-order valence-electron chi connectivity index (χ1n) is 12.4. The molecule has 1 saturated heterocycles. The minimum Gasteiger partial charge on any atom is -0.497 e. The number of fused-ring (bicyclic) bond motifs is 1. The van der Waals surface area contributed by atoms with Gasteiger partial charge in [-0.3, -0.25) is 14.7 Å². The van der Waals surface area contributed by atoms with Gasteiger partial charge in [0.15, 0.2) is 0 Å². The van der Waals surface area contributed by atoms with Gasteiger partial charge < -0.3 is 9.84 Å². The molecular weight excluding hydrogens is 519 g/mol. The first-order chi connectivity index (χ1) is 18.6. The molecule has 0 unspecified atom stereocenters. The van der Waals surface area contributed by atoms with Crippen LogP contribution in [0.1, 0.15) is 49.4 Å². The fraction of sp³-hybridized carbons (Fsp3) is 0.379. The molecule has 10 heteroatoms. The van der Waals surface area contributed by atoms with E-state index in [4.69, 9.17) is 4.74 Å². The second-order valence-electron chi connectivity index (χ2n) is 9.80. The Morgan fingerprint density at radius 3 is 2.46 bits per heavy atom. The van der Waals surface area contributed by atoms with Crippen LogP contribution in [0.4, 0.5) is 22.0 Å². The highest BCUT2D eigenvalue weighted by atomic mass is 19.2. The molecule has 0 aliphatic carbocycles. The lowest BCUT2D eigenvalue weighted by Gasteiger charge is -2.41. The van der Waals surface area contributed by atoms with Crippen molar-refractivity contribution in [2.45, 2.75) is 38.3 Å². The van der Waals surface area contributed by atoms with Crippen molar-refractivity contribution >= 4 is 16.9 Å². The molecule has 0 spiro atoms. The van der Waals surface area contributed by atoms with Crippen LogP contribution in [-0.2, 0) is 4.79 Å². The topological polar surface area (TPSA) is 62.7 Å². The number of halogens is 5. The Balaban J connectivity index is 1.44. The summed E-state index contributed by atoms with van der Waals surface area (Å²) >= 11 is 0. The van der Waals surface area contributed by atoms with E-state index >= 15 is 4.39 Å². The lowest BCUT2D eigenvalue weighted by molar-refractivity contribution is -0.141. The van der Waals surface area contributed by atoms with E-state index in [9.17, 15) is 27.5 Å². The van der Waals surface area contributed by atoms with Crippen LogP contribution in [0.15, 0.2) is 36.5 Å². The minimum atomic E-state index is -1.68. The van der Waals surface area contributed by atoms with Gasteiger partial charge in [0.2, 0.25) is 0 Å². The van der Waals surface area contributed by atoms with Crippen LogP contribution in [0, 0.1) is 40.5 Å². The third-order valence-electron chi connectivity index (χ3n) is 7.28.